The van der Waals surface area contributed by atoms with E-state index in [0.717, 1.165) is 30.8 Å². The van der Waals surface area contributed by atoms with E-state index >= 15 is 0 Å². The molecule has 16 heavy (non-hydrogen) atoms. The van der Waals surface area contributed by atoms with E-state index < -0.39 is 0 Å². The summed E-state index contributed by atoms with van der Waals surface area (Å²) in [5.41, 5.74) is 2.45. The van der Waals surface area contributed by atoms with Crippen molar-refractivity contribution in [2.24, 2.45) is 5.41 Å². The van der Waals surface area contributed by atoms with E-state index in [4.69, 9.17) is 0 Å². The molecule has 0 amide bonds. The van der Waals surface area contributed by atoms with Crippen LogP contribution in [0, 0.1) is 12.3 Å². The third kappa shape index (κ3) is 2.38. The quantitative estimate of drug-likeness (QED) is 0.826. The normalized spacial score (nSPS) is 20.2. The molecule has 1 aliphatic rings. The highest BCUT2D eigenvalue weighted by Gasteiger charge is 2.29. The molecule has 0 aromatic heterocycles. The van der Waals surface area contributed by atoms with Gasteiger partial charge in [0.25, 0.3) is 0 Å². The highest BCUT2D eigenvalue weighted by atomic mass is 16.3. The Bertz CT molecular complexity index is 384. The fraction of sp³-hybridized carbons (Fsp3) is 0.571. The molecule has 2 nitrogen and oxygen atoms in total. The Hall–Kier alpha value is -1.02. The van der Waals surface area contributed by atoms with Crippen LogP contribution in [0.3, 0.4) is 0 Å². The molecule has 0 radical (unpaired) electrons. The number of phenols is 1. The van der Waals surface area contributed by atoms with Gasteiger partial charge in [0.15, 0.2) is 0 Å². The van der Waals surface area contributed by atoms with Crippen molar-refractivity contribution in [3.8, 4) is 5.75 Å². The van der Waals surface area contributed by atoms with Gasteiger partial charge in [-0.1, -0.05) is 32.0 Å². The van der Waals surface area contributed by atoms with E-state index in [1.165, 1.54) is 6.42 Å². The molecule has 0 atom stereocenters. The number of benzene rings is 1. The van der Waals surface area contributed by atoms with Crippen molar-refractivity contribution >= 4 is 0 Å². The molecule has 1 heterocycles. The van der Waals surface area contributed by atoms with E-state index in [-0.39, 0.29) is 0 Å². The zero-order chi connectivity index (χ0) is 11.8. The van der Waals surface area contributed by atoms with Crippen molar-refractivity contribution in [2.75, 3.05) is 13.1 Å². The molecule has 88 valence electrons. The summed E-state index contributed by atoms with van der Waals surface area (Å²) < 4.78 is 0. The molecular formula is C14H21NO. The van der Waals surface area contributed by atoms with Gasteiger partial charge >= 0.3 is 0 Å². The van der Waals surface area contributed by atoms with E-state index in [2.05, 4.69) is 18.7 Å². The van der Waals surface area contributed by atoms with E-state index in [1.807, 2.05) is 25.1 Å². The summed E-state index contributed by atoms with van der Waals surface area (Å²) in [5.74, 6) is 0.465. The lowest BCUT2D eigenvalue weighted by Crippen LogP contribution is -2.22. The topological polar surface area (TPSA) is 23.5 Å². The minimum atomic E-state index is 0.430. The molecule has 1 fully saturated rings. The third-order valence-corrected chi connectivity index (χ3v) is 3.47. The Morgan fingerprint density at radius 1 is 1.38 bits per heavy atom. The highest BCUT2D eigenvalue weighted by molar-refractivity contribution is 5.39. The maximum Gasteiger partial charge on any atom is 0.122 e. The van der Waals surface area contributed by atoms with Gasteiger partial charge in [-0.15, -0.1) is 0 Å². The zero-order valence-electron chi connectivity index (χ0n) is 10.5. The Morgan fingerprint density at radius 3 is 2.75 bits per heavy atom. The first-order valence-electron chi connectivity index (χ1n) is 5.98. The van der Waals surface area contributed by atoms with Crippen molar-refractivity contribution in [2.45, 2.75) is 33.7 Å². The number of hydrogen-bond donors (Lipinski definition) is 1. The maximum absolute atomic E-state index is 9.96. The van der Waals surface area contributed by atoms with Crippen LogP contribution in [0.15, 0.2) is 18.2 Å². The number of likely N-dealkylation sites (tertiary alicyclic amines) is 1. The van der Waals surface area contributed by atoms with Crippen molar-refractivity contribution in [1.82, 2.24) is 4.90 Å². The van der Waals surface area contributed by atoms with Gasteiger partial charge in [-0.25, -0.2) is 0 Å². The molecule has 2 heteroatoms. The Kier molecular flexibility index (Phi) is 2.94. The smallest absolute Gasteiger partial charge is 0.122 e. The first kappa shape index (κ1) is 11.5. The molecular weight excluding hydrogens is 198 g/mol. The van der Waals surface area contributed by atoms with Gasteiger partial charge in [0.05, 0.1) is 0 Å². The summed E-state index contributed by atoms with van der Waals surface area (Å²) in [6, 6.07) is 5.99. The summed E-state index contributed by atoms with van der Waals surface area (Å²) in [5, 5.41) is 9.96. The van der Waals surface area contributed by atoms with Crippen LogP contribution in [-0.4, -0.2) is 23.1 Å². The molecule has 1 aliphatic heterocycles. The molecule has 2 rings (SSSR count). The monoisotopic (exact) mass is 219 g/mol. The fourth-order valence-corrected chi connectivity index (χ4v) is 2.45. The van der Waals surface area contributed by atoms with Crippen LogP contribution in [-0.2, 0) is 6.54 Å². The number of rotatable bonds is 2. The van der Waals surface area contributed by atoms with Crippen molar-refractivity contribution in [3.05, 3.63) is 29.3 Å². The summed E-state index contributed by atoms with van der Waals surface area (Å²) in [4.78, 5) is 2.43. The van der Waals surface area contributed by atoms with Crippen LogP contribution < -0.4 is 0 Å². The molecule has 1 saturated heterocycles. The van der Waals surface area contributed by atoms with E-state index in [9.17, 15) is 5.11 Å². The first-order chi connectivity index (χ1) is 7.48. The Balaban J connectivity index is 2.08. The predicted octanol–water partition coefficient (Wildman–Crippen LogP) is 2.93. The van der Waals surface area contributed by atoms with Gasteiger partial charge in [0.2, 0.25) is 0 Å². The number of nitrogens with zero attached hydrogens (tertiary/aromatic N) is 1. The third-order valence-electron chi connectivity index (χ3n) is 3.47. The lowest BCUT2D eigenvalue weighted by molar-refractivity contribution is 0.280. The van der Waals surface area contributed by atoms with Crippen molar-refractivity contribution < 1.29 is 5.11 Å². The highest BCUT2D eigenvalue weighted by Crippen LogP contribution is 2.31. The van der Waals surface area contributed by atoms with Gasteiger partial charge in [-0.3, -0.25) is 4.90 Å². The average Bonchev–Trinajstić information content (AvgIpc) is 2.53. The number of aryl methyl sites for hydroxylation is 1. The number of phenolic OH excluding ortho intramolecular Hbond substituents is 1. The van der Waals surface area contributed by atoms with Gasteiger partial charge in [0.1, 0.15) is 5.75 Å². The largest absolute Gasteiger partial charge is 0.507 e. The average molecular weight is 219 g/mol. The Morgan fingerprint density at radius 2 is 2.12 bits per heavy atom. The maximum atomic E-state index is 9.96. The van der Waals surface area contributed by atoms with Crippen molar-refractivity contribution in [1.29, 1.82) is 0 Å². The van der Waals surface area contributed by atoms with Crippen LogP contribution in [0.1, 0.15) is 31.4 Å². The van der Waals surface area contributed by atoms with Crippen LogP contribution in [0.4, 0.5) is 0 Å². The molecule has 0 aliphatic carbocycles. The SMILES string of the molecule is Cc1cccc(CN2CCC(C)(C)C2)c1O. The van der Waals surface area contributed by atoms with Gasteiger partial charge in [-0.05, 0) is 30.9 Å². The molecule has 0 unspecified atom stereocenters. The van der Waals surface area contributed by atoms with Crippen LogP contribution >= 0.6 is 0 Å². The van der Waals surface area contributed by atoms with Gasteiger partial charge < -0.3 is 5.11 Å². The molecule has 1 aromatic carbocycles. The second-order valence-electron chi connectivity index (χ2n) is 5.71. The molecule has 1 N–H and O–H groups in total. The molecule has 0 saturated carbocycles. The minimum Gasteiger partial charge on any atom is -0.507 e. The van der Waals surface area contributed by atoms with E-state index in [1.54, 1.807) is 0 Å². The lowest BCUT2D eigenvalue weighted by Gasteiger charge is -2.20. The fourth-order valence-electron chi connectivity index (χ4n) is 2.45. The first-order valence-corrected chi connectivity index (χ1v) is 5.98. The summed E-state index contributed by atoms with van der Waals surface area (Å²) in [6.45, 7) is 9.71. The molecule has 1 aromatic rings. The summed E-state index contributed by atoms with van der Waals surface area (Å²) in [7, 11) is 0. The van der Waals surface area contributed by atoms with Crippen LogP contribution in [0.5, 0.6) is 5.75 Å². The number of aromatic hydroxyl groups is 1. The van der Waals surface area contributed by atoms with Crippen molar-refractivity contribution in [3.63, 3.8) is 0 Å². The molecule has 0 spiro atoms. The molecule has 0 bridgehead atoms. The minimum absolute atomic E-state index is 0.430. The number of hydrogen-bond acceptors (Lipinski definition) is 2. The van der Waals surface area contributed by atoms with Gasteiger partial charge in [0, 0.05) is 18.7 Å². The van der Waals surface area contributed by atoms with Gasteiger partial charge in [-0.2, -0.15) is 0 Å². The van der Waals surface area contributed by atoms with Crippen LogP contribution in [0.2, 0.25) is 0 Å². The second-order valence-corrected chi connectivity index (χ2v) is 5.71. The Labute approximate surface area is 97.9 Å². The summed E-state index contributed by atoms with van der Waals surface area (Å²) >= 11 is 0. The van der Waals surface area contributed by atoms with E-state index in [0.29, 0.717) is 11.2 Å². The van der Waals surface area contributed by atoms with Crippen LogP contribution in [0.25, 0.3) is 0 Å². The zero-order valence-corrected chi connectivity index (χ0v) is 10.5. The lowest BCUT2D eigenvalue weighted by atomic mass is 9.93. The summed E-state index contributed by atoms with van der Waals surface area (Å²) in [6.07, 6.45) is 1.25. The second kappa shape index (κ2) is 4.10. The predicted molar refractivity (Wildman–Crippen MR) is 66.5 cm³/mol. The standard InChI is InChI=1S/C14H21NO/c1-11-5-4-6-12(13(11)16)9-15-8-7-14(2,3)10-15/h4-6,16H,7-10H2,1-3H3. The number of para-hydroxylation sites is 1.